The molecule has 0 aliphatic rings. The van der Waals surface area contributed by atoms with E-state index in [4.69, 9.17) is 0 Å². The van der Waals surface area contributed by atoms with Crippen LogP contribution in [0.15, 0.2) is 51.8 Å². The van der Waals surface area contributed by atoms with Crippen LogP contribution in [0.5, 0.6) is 0 Å². The van der Waals surface area contributed by atoms with Crippen LogP contribution >= 0.6 is 15.9 Å². The fourth-order valence-electron chi connectivity index (χ4n) is 1.54. The molecule has 0 fully saturated rings. The van der Waals surface area contributed by atoms with Crippen LogP contribution in [0.4, 0.5) is 10.1 Å². The first-order valence-electron chi connectivity index (χ1n) is 5.43. The standard InChI is InChI=1S/C13H11BrFNO2S/c1-9-3-2-4-12(13(9)15)16-19(17,18)11-7-5-10(14)6-8-11/h2-8,16H,1H3. The molecule has 100 valence electrons. The van der Waals surface area contributed by atoms with Gasteiger partial charge in [-0.25, -0.2) is 12.8 Å². The fraction of sp³-hybridized carbons (Fsp3) is 0.0769. The molecule has 0 aliphatic carbocycles. The lowest BCUT2D eigenvalue weighted by Crippen LogP contribution is -2.14. The van der Waals surface area contributed by atoms with E-state index in [9.17, 15) is 12.8 Å². The average molecular weight is 344 g/mol. The molecule has 2 rings (SSSR count). The SMILES string of the molecule is Cc1cccc(NS(=O)(=O)c2ccc(Br)cc2)c1F. The van der Waals surface area contributed by atoms with Gasteiger partial charge in [0.2, 0.25) is 0 Å². The zero-order valence-corrected chi connectivity index (χ0v) is 12.4. The Kier molecular flexibility index (Phi) is 3.91. The lowest BCUT2D eigenvalue weighted by atomic mass is 10.2. The highest BCUT2D eigenvalue weighted by molar-refractivity contribution is 9.10. The molecule has 0 unspecified atom stereocenters. The maximum absolute atomic E-state index is 13.8. The van der Waals surface area contributed by atoms with E-state index < -0.39 is 15.8 Å². The van der Waals surface area contributed by atoms with Gasteiger partial charge in [0.05, 0.1) is 10.6 Å². The number of hydrogen-bond donors (Lipinski definition) is 1. The van der Waals surface area contributed by atoms with Gasteiger partial charge in [-0.05, 0) is 42.8 Å². The predicted octanol–water partition coefficient (Wildman–Crippen LogP) is 3.70. The fourth-order valence-corrected chi connectivity index (χ4v) is 2.87. The summed E-state index contributed by atoms with van der Waals surface area (Å²) in [6.07, 6.45) is 0. The highest BCUT2D eigenvalue weighted by Gasteiger charge is 2.16. The summed E-state index contributed by atoms with van der Waals surface area (Å²) in [5.74, 6) is -0.566. The molecule has 0 aromatic heterocycles. The summed E-state index contributed by atoms with van der Waals surface area (Å²) in [5, 5.41) is 0. The third-order valence-corrected chi connectivity index (χ3v) is 4.47. The minimum Gasteiger partial charge on any atom is -0.277 e. The minimum absolute atomic E-state index is 0.0529. The second kappa shape index (κ2) is 5.30. The lowest BCUT2D eigenvalue weighted by Gasteiger charge is -2.10. The van der Waals surface area contributed by atoms with Crippen LogP contribution in [-0.4, -0.2) is 8.42 Å². The Bertz CT molecular complexity index is 699. The van der Waals surface area contributed by atoms with Gasteiger partial charge in [0, 0.05) is 4.47 Å². The van der Waals surface area contributed by atoms with Gasteiger partial charge in [0.1, 0.15) is 5.82 Å². The van der Waals surface area contributed by atoms with Crippen LogP contribution in [0.3, 0.4) is 0 Å². The number of sulfonamides is 1. The van der Waals surface area contributed by atoms with Gasteiger partial charge in [-0.1, -0.05) is 28.1 Å². The topological polar surface area (TPSA) is 46.2 Å². The van der Waals surface area contributed by atoms with Crippen molar-refractivity contribution in [2.24, 2.45) is 0 Å². The highest BCUT2D eigenvalue weighted by atomic mass is 79.9. The molecule has 0 saturated carbocycles. The molecule has 0 spiro atoms. The maximum Gasteiger partial charge on any atom is 0.261 e. The van der Waals surface area contributed by atoms with Crippen molar-refractivity contribution in [2.75, 3.05) is 4.72 Å². The van der Waals surface area contributed by atoms with Crippen LogP contribution in [-0.2, 0) is 10.0 Å². The smallest absolute Gasteiger partial charge is 0.261 e. The quantitative estimate of drug-likeness (QED) is 0.923. The molecule has 0 aliphatic heterocycles. The highest BCUT2D eigenvalue weighted by Crippen LogP contribution is 2.22. The van der Waals surface area contributed by atoms with Gasteiger partial charge >= 0.3 is 0 Å². The van der Waals surface area contributed by atoms with Gasteiger partial charge < -0.3 is 0 Å². The number of halogens is 2. The van der Waals surface area contributed by atoms with Gasteiger partial charge in [-0.3, -0.25) is 4.72 Å². The van der Waals surface area contributed by atoms with Gasteiger partial charge in [0.15, 0.2) is 0 Å². The lowest BCUT2D eigenvalue weighted by molar-refractivity contribution is 0.597. The maximum atomic E-state index is 13.8. The predicted molar refractivity (Wildman–Crippen MR) is 76.1 cm³/mol. The number of benzene rings is 2. The van der Waals surface area contributed by atoms with Crippen molar-refractivity contribution in [3.63, 3.8) is 0 Å². The van der Waals surface area contributed by atoms with E-state index in [0.717, 1.165) is 4.47 Å². The summed E-state index contributed by atoms with van der Waals surface area (Å²) < 4.78 is 41.0. The van der Waals surface area contributed by atoms with Crippen molar-refractivity contribution in [1.29, 1.82) is 0 Å². The van der Waals surface area contributed by atoms with Crippen molar-refractivity contribution in [3.05, 3.63) is 58.3 Å². The second-order valence-corrected chi connectivity index (χ2v) is 6.59. The number of nitrogens with one attached hydrogen (secondary N) is 1. The Morgan fingerprint density at radius 3 is 2.37 bits per heavy atom. The van der Waals surface area contributed by atoms with E-state index in [1.54, 1.807) is 31.2 Å². The molecule has 19 heavy (non-hydrogen) atoms. The first-order valence-corrected chi connectivity index (χ1v) is 7.71. The minimum atomic E-state index is -3.78. The summed E-state index contributed by atoms with van der Waals surface area (Å²) in [6.45, 7) is 1.58. The molecule has 1 N–H and O–H groups in total. The van der Waals surface area contributed by atoms with Crippen molar-refractivity contribution < 1.29 is 12.8 Å². The van der Waals surface area contributed by atoms with Gasteiger partial charge in [-0.15, -0.1) is 0 Å². The van der Waals surface area contributed by atoms with Crippen LogP contribution in [0, 0.1) is 12.7 Å². The molecule has 0 saturated heterocycles. The van der Waals surface area contributed by atoms with Crippen molar-refractivity contribution >= 4 is 31.6 Å². The third kappa shape index (κ3) is 3.13. The second-order valence-electron chi connectivity index (χ2n) is 4.00. The molecule has 2 aromatic carbocycles. The molecule has 0 heterocycles. The number of anilines is 1. The monoisotopic (exact) mass is 343 g/mol. The molecule has 6 heteroatoms. The summed E-state index contributed by atoms with van der Waals surface area (Å²) in [7, 11) is -3.78. The number of rotatable bonds is 3. The summed E-state index contributed by atoms with van der Waals surface area (Å²) >= 11 is 3.22. The zero-order valence-electron chi connectivity index (χ0n) is 10.0. The Balaban J connectivity index is 2.36. The molecular weight excluding hydrogens is 333 g/mol. The van der Waals surface area contributed by atoms with E-state index >= 15 is 0 Å². The zero-order chi connectivity index (χ0) is 14.0. The molecule has 2 aromatic rings. The van der Waals surface area contributed by atoms with E-state index in [1.807, 2.05) is 0 Å². The molecule has 0 bridgehead atoms. The van der Waals surface area contributed by atoms with E-state index in [1.165, 1.54) is 18.2 Å². The van der Waals surface area contributed by atoms with Gasteiger partial charge in [-0.2, -0.15) is 0 Å². The summed E-state index contributed by atoms with van der Waals surface area (Å²) in [4.78, 5) is 0.0802. The normalized spacial score (nSPS) is 11.3. The summed E-state index contributed by atoms with van der Waals surface area (Å²) in [5.41, 5.74) is 0.332. The Morgan fingerprint density at radius 2 is 1.74 bits per heavy atom. The first kappa shape index (κ1) is 14.0. The average Bonchev–Trinajstić information content (AvgIpc) is 2.35. The van der Waals surface area contributed by atoms with E-state index in [0.29, 0.717) is 5.56 Å². The third-order valence-electron chi connectivity index (χ3n) is 2.56. The largest absolute Gasteiger partial charge is 0.277 e. The Labute approximate surface area is 119 Å². The molecule has 3 nitrogen and oxygen atoms in total. The van der Waals surface area contributed by atoms with E-state index in [-0.39, 0.29) is 10.6 Å². The van der Waals surface area contributed by atoms with Crippen molar-refractivity contribution in [3.8, 4) is 0 Å². The van der Waals surface area contributed by atoms with Crippen molar-refractivity contribution in [1.82, 2.24) is 0 Å². The molecular formula is C13H11BrFNO2S. The van der Waals surface area contributed by atoms with Crippen LogP contribution < -0.4 is 4.72 Å². The molecule has 0 amide bonds. The molecule has 0 atom stereocenters. The van der Waals surface area contributed by atoms with Gasteiger partial charge in [0.25, 0.3) is 10.0 Å². The number of aryl methyl sites for hydroxylation is 1. The Morgan fingerprint density at radius 1 is 1.11 bits per heavy atom. The number of hydrogen-bond acceptors (Lipinski definition) is 2. The van der Waals surface area contributed by atoms with E-state index in [2.05, 4.69) is 20.7 Å². The van der Waals surface area contributed by atoms with Crippen LogP contribution in [0.1, 0.15) is 5.56 Å². The Hall–Kier alpha value is -1.40. The van der Waals surface area contributed by atoms with Crippen LogP contribution in [0.2, 0.25) is 0 Å². The van der Waals surface area contributed by atoms with Crippen LogP contribution in [0.25, 0.3) is 0 Å². The van der Waals surface area contributed by atoms with Crippen molar-refractivity contribution in [2.45, 2.75) is 11.8 Å². The first-order chi connectivity index (χ1) is 8.90. The summed E-state index contributed by atoms with van der Waals surface area (Å²) in [6, 6.07) is 10.7. The molecule has 0 radical (unpaired) electrons.